The van der Waals surface area contributed by atoms with Gasteiger partial charge >= 0.3 is 0 Å². The van der Waals surface area contributed by atoms with Crippen LogP contribution in [0.2, 0.25) is 0 Å². The monoisotopic (exact) mass is 472 g/mol. The summed E-state index contributed by atoms with van der Waals surface area (Å²) in [6.07, 6.45) is 5.77. The predicted molar refractivity (Wildman–Crippen MR) is 127 cm³/mol. The molecule has 1 aromatic carbocycles. The van der Waals surface area contributed by atoms with Crippen molar-refractivity contribution in [2.24, 2.45) is 5.73 Å². The van der Waals surface area contributed by atoms with Crippen molar-refractivity contribution in [3.63, 3.8) is 0 Å². The van der Waals surface area contributed by atoms with E-state index in [1.807, 2.05) is 18.7 Å². The van der Waals surface area contributed by atoms with E-state index in [4.69, 9.17) is 11.5 Å². The van der Waals surface area contributed by atoms with E-state index >= 15 is 0 Å². The van der Waals surface area contributed by atoms with Crippen LogP contribution in [0.1, 0.15) is 43.2 Å². The highest BCUT2D eigenvalue weighted by Gasteiger charge is 2.45. The number of nitrogen functional groups attached to an aromatic ring is 1. The van der Waals surface area contributed by atoms with Crippen LogP contribution in [0.5, 0.6) is 0 Å². The van der Waals surface area contributed by atoms with Gasteiger partial charge in [-0.15, -0.1) is 0 Å². The summed E-state index contributed by atoms with van der Waals surface area (Å²) in [5.74, 6) is 0.00330. The van der Waals surface area contributed by atoms with Crippen LogP contribution >= 0.6 is 0 Å². The summed E-state index contributed by atoms with van der Waals surface area (Å²) in [5.41, 5.74) is 13.2. The molecule has 178 valence electrons. The first-order valence-electron chi connectivity index (χ1n) is 11.4. The summed E-state index contributed by atoms with van der Waals surface area (Å²) >= 11 is 0. The SMILES string of the molecule is Cc1ccc(S(=O)(=O)c2cnc(N3CCC(C(N)=O)(N4CCCCC4)CC3)nc2N)cc1C. The fraction of sp³-hybridized carbons (Fsp3) is 0.522. The number of aryl methyl sites for hydroxylation is 2. The Morgan fingerprint density at radius 3 is 2.27 bits per heavy atom. The van der Waals surface area contributed by atoms with E-state index in [0.29, 0.717) is 31.9 Å². The Morgan fingerprint density at radius 1 is 1.03 bits per heavy atom. The summed E-state index contributed by atoms with van der Waals surface area (Å²) in [6.45, 7) is 6.65. The average Bonchev–Trinajstić information content (AvgIpc) is 2.81. The lowest BCUT2D eigenvalue weighted by molar-refractivity contribution is -0.132. The highest BCUT2D eigenvalue weighted by atomic mass is 32.2. The van der Waals surface area contributed by atoms with Crippen LogP contribution in [0.15, 0.2) is 34.2 Å². The molecule has 2 aliphatic rings. The summed E-state index contributed by atoms with van der Waals surface area (Å²) in [4.78, 5) is 25.3. The largest absolute Gasteiger partial charge is 0.382 e. The lowest BCUT2D eigenvalue weighted by Gasteiger charge is -2.48. The molecule has 9 nitrogen and oxygen atoms in total. The maximum absolute atomic E-state index is 13.1. The number of rotatable bonds is 5. The topological polar surface area (TPSA) is 136 Å². The minimum atomic E-state index is -3.84. The van der Waals surface area contributed by atoms with E-state index in [1.54, 1.807) is 18.2 Å². The van der Waals surface area contributed by atoms with Gasteiger partial charge in [-0.2, -0.15) is 4.98 Å². The smallest absolute Gasteiger partial charge is 0.238 e. The first-order chi connectivity index (χ1) is 15.6. The normalized spacial score (nSPS) is 19.4. The molecule has 3 heterocycles. The van der Waals surface area contributed by atoms with Crippen LogP contribution in [0.4, 0.5) is 11.8 Å². The average molecular weight is 473 g/mol. The van der Waals surface area contributed by atoms with Crippen molar-refractivity contribution in [2.45, 2.75) is 61.3 Å². The molecule has 0 radical (unpaired) electrons. The summed E-state index contributed by atoms with van der Waals surface area (Å²) in [6, 6.07) is 4.97. The molecule has 4 N–H and O–H groups in total. The van der Waals surface area contributed by atoms with Crippen molar-refractivity contribution >= 4 is 27.5 Å². The fourth-order valence-corrected chi connectivity index (χ4v) is 6.20. The number of nitrogens with zero attached hydrogens (tertiary/aromatic N) is 4. The van der Waals surface area contributed by atoms with Crippen molar-refractivity contribution in [1.29, 1.82) is 0 Å². The molecule has 0 bridgehead atoms. The lowest BCUT2D eigenvalue weighted by atomic mass is 9.83. The first-order valence-corrected chi connectivity index (χ1v) is 12.9. The van der Waals surface area contributed by atoms with Crippen LogP contribution in [0.25, 0.3) is 0 Å². The molecule has 0 spiro atoms. The Bertz CT molecular complexity index is 1150. The number of sulfone groups is 1. The molecule has 0 unspecified atom stereocenters. The molecule has 4 rings (SSSR count). The second-order valence-electron chi connectivity index (χ2n) is 9.10. The van der Waals surface area contributed by atoms with E-state index in [-0.39, 0.29) is 21.5 Å². The number of likely N-dealkylation sites (tertiary alicyclic amines) is 1. The number of piperidine rings is 2. The molecule has 0 atom stereocenters. The van der Waals surface area contributed by atoms with Crippen LogP contribution in [0.3, 0.4) is 0 Å². The predicted octanol–water partition coefficient (Wildman–Crippen LogP) is 1.82. The number of nitrogens with two attached hydrogens (primary N) is 2. The van der Waals surface area contributed by atoms with Gasteiger partial charge < -0.3 is 16.4 Å². The number of anilines is 2. The lowest BCUT2D eigenvalue weighted by Crippen LogP contribution is -2.63. The number of carbonyl (C=O) groups excluding carboxylic acids is 1. The van der Waals surface area contributed by atoms with Crippen LogP contribution in [-0.2, 0) is 14.6 Å². The zero-order chi connectivity index (χ0) is 23.8. The number of hydrogen-bond acceptors (Lipinski definition) is 8. The number of benzene rings is 1. The zero-order valence-corrected chi connectivity index (χ0v) is 20.1. The third kappa shape index (κ3) is 4.29. The zero-order valence-electron chi connectivity index (χ0n) is 19.2. The number of hydrogen-bond donors (Lipinski definition) is 2. The minimum absolute atomic E-state index is 0.0824. The number of carbonyl (C=O) groups is 1. The number of amides is 1. The quantitative estimate of drug-likeness (QED) is 0.673. The molecule has 0 saturated carbocycles. The van der Waals surface area contributed by atoms with E-state index in [0.717, 1.165) is 37.1 Å². The highest BCUT2D eigenvalue weighted by molar-refractivity contribution is 7.91. The van der Waals surface area contributed by atoms with E-state index in [2.05, 4.69) is 14.9 Å². The van der Waals surface area contributed by atoms with Gasteiger partial charge in [-0.1, -0.05) is 12.5 Å². The number of aromatic nitrogens is 2. The number of primary amides is 1. The van der Waals surface area contributed by atoms with Crippen LogP contribution in [0, 0.1) is 13.8 Å². The molecule has 1 aromatic heterocycles. The second-order valence-corrected chi connectivity index (χ2v) is 11.0. The molecule has 0 aliphatic carbocycles. The van der Waals surface area contributed by atoms with Gasteiger partial charge in [0.05, 0.1) is 11.1 Å². The van der Waals surface area contributed by atoms with Crippen molar-refractivity contribution in [3.05, 3.63) is 35.5 Å². The molecule has 33 heavy (non-hydrogen) atoms. The molecule has 2 fully saturated rings. The van der Waals surface area contributed by atoms with Gasteiger partial charge in [0, 0.05) is 13.1 Å². The van der Waals surface area contributed by atoms with Gasteiger partial charge in [0.1, 0.15) is 16.3 Å². The summed E-state index contributed by atoms with van der Waals surface area (Å²) in [7, 11) is -3.84. The molecular formula is C23H32N6O3S. The van der Waals surface area contributed by atoms with E-state index in [9.17, 15) is 13.2 Å². The van der Waals surface area contributed by atoms with Crippen molar-refractivity contribution < 1.29 is 13.2 Å². The van der Waals surface area contributed by atoms with Crippen LogP contribution < -0.4 is 16.4 Å². The van der Waals surface area contributed by atoms with E-state index < -0.39 is 15.4 Å². The molecule has 2 aromatic rings. The van der Waals surface area contributed by atoms with Gasteiger partial charge in [-0.3, -0.25) is 9.69 Å². The first kappa shape index (κ1) is 23.4. The summed E-state index contributed by atoms with van der Waals surface area (Å²) < 4.78 is 26.2. The standard InChI is InChI=1S/C23H32N6O3S/c1-16-6-7-18(14-17(16)2)33(31,32)19-15-26-22(27-20(19)24)28-12-8-23(9-13-28,21(25)30)29-10-4-3-5-11-29/h6-7,14-15H,3-5,8-13H2,1-2H3,(H2,25,30)(H2,24,26,27). The Kier molecular flexibility index (Phi) is 6.32. The maximum Gasteiger partial charge on any atom is 0.238 e. The minimum Gasteiger partial charge on any atom is -0.382 e. The molecule has 2 aliphatic heterocycles. The van der Waals surface area contributed by atoms with Gasteiger partial charge in [-0.05, 0) is 75.9 Å². The van der Waals surface area contributed by atoms with Gasteiger partial charge in [0.2, 0.25) is 21.7 Å². The van der Waals surface area contributed by atoms with E-state index in [1.165, 1.54) is 12.6 Å². The molecule has 1 amide bonds. The highest BCUT2D eigenvalue weighted by Crippen LogP contribution is 2.33. The Balaban J connectivity index is 1.54. The van der Waals surface area contributed by atoms with Gasteiger partial charge in [-0.25, -0.2) is 13.4 Å². The fourth-order valence-electron chi connectivity index (χ4n) is 4.86. The van der Waals surface area contributed by atoms with Crippen LogP contribution in [-0.4, -0.2) is 60.9 Å². The maximum atomic E-state index is 13.1. The van der Waals surface area contributed by atoms with Crippen molar-refractivity contribution in [1.82, 2.24) is 14.9 Å². The second kappa shape index (κ2) is 8.90. The Hall–Kier alpha value is -2.72. The Labute approximate surface area is 195 Å². The Morgan fingerprint density at radius 2 is 1.70 bits per heavy atom. The van der Waals surface area contributed by atoms with Gasteiger partial charge in [0.25, 0.3) is 0 Å². The third-order valence-electron chi connectivity index (χ3n) is 7.14. The van der Waals surface area contributed by atoms with Gasteiger partial charge in [0.15, 0.2) is 0 Å². The van der Waals surface area contributed by atoms with Crippen molar-refractivity contribution in [3.8, 4) is 0 Å². The molecule has 2 saturated heterocycles. The third-order valence-corrected chi connectivity index (χ3v) is 8.91. The summed E-state index contributed by atoms with van der Waals surface area (Å²) in [5, 5.41) is 0. The molecular weight excluding hydrogens is 440 g/mol. The molecule has 10 heteroatoms. The van der Waals surface area contributed by atoms with Crippen molar-refractivity contribution in [2.75, 3.05) is 36.8 Å².